The second-order valence-corrected chi connectivity index (χ2v) is 9.44. The number of nitrogens with one attached hydrogen (secondary N) is 1. The number of benzene rings is 3. The number of rotatable bonds is 8. The number of amides is 1. The molecule has 3 aromatic carbocycles. The summed E-state index contributed by atoms with van der Waals surface area (Å²) in [6, 6.07) is 18.1. The number of ether oxygens (including phenoxy) is 3. The highest BCUT2D eigenvalue weighted by molar-refractivity contribution is 7.18. The largest absolute Gasteiger partial charge is 0.496 e. The van der Waals surface area contributed by atoms with Gasteiger partial charge in [0.05, 0.1) is 25.8 Å². The number of carbonyl (C=O) groups excluding carboxylic acids is 1. The Morgan fingerprint density at radius 1 is 1.08 bits per heavy atom. The van der Waals surface area contributed by atoms with E-state index in [2.05, 4.69) is 15.4 Å². The molecule has 0 fully saturated rings. The molecule has 0 aliphatic carbocycles. The fourth-order valence-electron chi connectivity index (χ4n) is 4.03. The van der Waals surface area contributed by atoms with E-state index in [1.54, 1.807) is 43.1 Å². The Morgan fingerprint density at radius 3 is 2.69 bits per heavy atom. The van der Waals surface area contributed by atoms with Gasteiger partial charge in [-0.3, -0.25) is 4.79 Å². The van der Waals surface area contributed by atoms with E-state index in [1.807, 2.05) is 24.3 Å². The molecule has 6 aromatic rings. The van der Waals surface area contributed by atoms with Gasteiger partial charge < -0.3 is 23.9 Å². The molecule has 6 rings (SSSR count). The lowest BCUT2D eigenvalue weighted by Crippen LogP contribution is -2.12. The predicted octanol–water partition coefficient (Wildman–Crippen LogP) is 6.19. The summed E-state index contributed by atoms with van der Waals surface area (Å²) in [5.74, 6) is 0.980. The van der Waals surface area contributed by atoms with E-state index in [-0.39, 0.29) is 12.5 Å². The highest BCUT2D eigenvalue weighted by atomic mass is 32.1. The molecule has 0 saturated carbocycles. The Kier molecular flexibility index (Phi) is 6.33. The van der Waals surface area contributed by atoms with Crippen LogP contribution in [0.3, 0.4) is 0 Å². The number of nitrogens with zero attached hydrogens (tertiary/aromatic N) is 3. The number of anilines is 1. The van der Waals surface area contributed by atoms with Gasteiger partial charge in [-0.15, -0.1) is 5.10 Å². The summed E-state index contributed by atoms with van der Waals surface area (Å²) in [6.07, 6.45) is 1.77. The molecule has 0 aliphatic heterocycles. The number of fused-ring (bicyclic) bond motifs is 2. The van der Waals surface area contributed by atoms with Gasteiger partial charge in [-0.05, 0) is 59.4 Å². The van der Waals surface area contributed by atoms with Gasteiger partial charge in [-0.2, -0.15) is 0 Å². The molecule has 0 unspecified atom stereocenters. The molecule has 0 atom stereocenters. The molecule has 3 heterocycles. The summed E-state index contributed by atoms with van der Waals surface area (Å²) >= 11 is 1.33. The van der Waals surface area contributed by atoms with Gasteiger partial charge in [-0.1, -0.05) is 12.1 Å². The molecule has 11 heteroatoms. The molecule has 1 N–H and O–H groups in total. The third-order valence-corrected chi connectivity index (χ3v) is 6.83. The van der Waals surface area contributed by atoms with Crippen LogP contribution in [0.2, 0.25) is 0 Å². The monoisotopic (exact) mass is 544 g/mol. The highest BCUT2D eigenvalue weighted by Gasteiger charge is 2.17. The van der Waals surface area contributed by atoms with Crippen LogP contribution < -0.4 is 19.5 Å². The van der Waals surface area contributed by atoms with Crippen molar-refractivity contribution in [1.82, 2.24) is 14.6 Å². The first-order chi connectivity index (χ1) is 19.0. The number of carbonyl (C=O) groups is 1. The lowest BCUT2D eigenvalue weighted by atomic mass is 10.1. The summed E-state index contributed by atoms with van der Waals surface area (Å²) in [5.41, 5.74) is 3.00. The third kappa shape index (κ3) is 4.99. The predicted molar refractivity (Wildman–Crippen MR) is 144 cm³/mol. The van der Waals surface area contributed by atoms with Crippen LogP contribution in [0.25, 0.3) is 27.4 Å². The lowest BCUT2D eigenvalue weighted by Gasteiger charge is -2.11. The summed E-state index contributed by atoms with van der Waals surface area (Å²) in [4.78, 5) is 17.8. The van der Waals surface area contributed by atoms with Crippen molar-refractivity contribution in [2.45, 2.75) is 6.61 Å². The molecule has 196 valence electrons. The smallest absolute Gasteiger partial charge is 0.294 e. The van der Waals surface area contributed by atoms with E-state index in [0.717, 1.165) is 10.9 Å². The van der Waals surface area contributed by atoms with Gasteiger partial charge >= 0.3 is 0 Å². The maximum atomic E-state index is 13.2. The van der Waals surface area contributed by atoms with Crippen molar-refractivity contribution in [1.29, 1.82) is 0 Å². The van der Waals surface area contributed by atoms with Gasteiger partial charge in [0.25, 0.3) is 11.1 Å². The van der Waals surface area contributed by atoms with Crippen molar-refractivity contribution >= 4 is 38.9 Å². The molecule has 0 aliphatic rings. The van der Waals surface area contributed by atoms with Gasteiger partial charge in [0.2, 0.25) is 4.96 Å². The Hall–Kier alpha value is -4.90. The second kappa shape index (κ2) is 10.1. The van der Waals surface area contributed by atoms with Crippen LogP contribution in [0.5, 0.6) is 16.7 Å². The quantitative estimate of drug-likeness (QED) is 0.244. The molecule has 39 heavy (non-hydrogen) atoms. The number of hydrogen-bond acceptors (Lipinski definition) is 8. The fourth-order valence-corrected chi connectivity index (χ4v) is 4.73. The van der Waals surface area contributed by atoms with E-state index < -0.39 is 5.82 Å². The molecule has 0 saturated heterocycles. The summed E-state index contributed by atoms with van der Waals surface area (Å²) in [7, 11) is 3.14. The maximum Gasteiger partial charge on any atom is 0.294 e. The molecule has 1 amide bonds. The van der Waals surface area contributed by atoms with Crippen LogP contribution >= 0.6 is 11.3 Å². The van der Waals surface area contributed by atoms with Crippen molar-refractivity contribution in [2.75, 3.05) is 19.5 Å². The first kappa shape index (κ1) is 24.4. The number of hydrogen-bond donors (Lipinski definition) is 1. The molecule has 0 bridgehead atoms. The number of aromatic nitrogens is 3. The Balaban J connectivity index is 1.23. The van der Waals surface area contributed by atoms with Crippen LogP contribution in [0.15, 0.2) is 77.3 Å². The summed E-state index contributed by atoms with van der Waals surface area (Å²) in [5, 5.41) is 8.42. The molecule has 0 spiro atoms. The minimum Gasteiger partial charge on any atom is -0.496 e. The summed E-state index contributed by atoms with van der Waals surface area (Å²) in [6.45, 7) is 0.229. The standard InChI is InChI=1S/C28H21FN4O5S/c1-35-20-11-23(21-13-25(38-24(21)12-20)22-14-33-27(31-22)39-28(32-33)36-2)37-15-16-4-3-5-19(10-16)30-26(34)17-6-8-18(29)9-7-17/h3-14H,15H2,1-2H3,(H,30,34). The minimum absolute atomic E-state index is 0.229. The Bertz CT molecular complexity index is 1780. The van der Waals surface area contributed by atoms with Crippen molar-refractivity contribution in [2.24, 2.45) is 0 Å². The zero-order chi connectivity index (χ0) is 26.9. The first-order valence-electron chi connectivity index (χ1n) is 11.8. The van der Waals surface area contributed by atoms with Gasteiger partial charge in [0.15, 0.2) is 5.76 Å². The fraction of sp³-hybridized carbons (Fsp3) is 0.107. The van der Waals surface area contributed by atoms with Crippen LogP contribution in [-0.4, -0.2) is 34.7 Å². The van der Waals surface area contributed by atoms with E-state index >= 15 is 0 Å². The van der Waals surface area contributed by atoms with Gasteiger partial charge in [0, 0.05) is 23.4 Å². The van der Waals surface area contributed by atoms with Gasteiger partial charge in [0.1, 0.15) is 35.2 Å². The Morgan fingerprint density at radius 2 is 1.92 bits per heavy atom. The van der Waals surface area contributed by atoms with E-state index in [9.17, 15) is 9.18 Å². The zero-order valence-corrected chi connectivity index (χ0v) is 21.6. The van der Waals surface area contributed by atoms with Crippen molar-refractivity contribution in [3.63, 3.8) is 0 Å². The molecular weight excluding hydrogens is 523 g/mol. The molecule has 9 nitrogen and oxygen atoms in total. The second-order valence-electron chi connectivity index (χ2n) is 8.52. The number of furan rings is 1. The molecule has 3 aromatic heterocycles. The number of imidazole rings is 1. The summed E-state index contributed by atoms with van der Waals surface area (Å²) < 4.78 is 37.7. The van der Waals surface area contributed by atoms with Crippen molar-refractivity contribution < 1.29 is 27.8 Å². The topological polar surface area (TPSA) is 100 Å². The Labute approximate surface area is 225 Å². The SMILES string of the molecule is COc1cc(OCc2cccc(NC(=O)c3ccc(F)cc3)c2)c2cc(-c3cn4nc(OC)sc4n3)oc2c1. The van der Waals surface area contributed by atoms with Crippen LogP contribution in [0, 0.1) is 5.82 Å². The average Bonchev–Trinajstić information content (AvgIpc) is 3.65. The molecular formula is C28H21FN4O5S. The average molecular weight is 545 g/mol. The first-order valence-corrected chi connectivity index (χ1v) is 12.6. The van der Waals surface area contributed by atoms with E-state index in [0.29, 0.717) is 49.9 Å². The number of methoxy groups -OCH3 is 2. The maximum absolute atomic E-state index is 13.2. The molecule has 0 radical (unpaired) electrons. The van der Waals surface area contributed by atoms with Gasteiger partial charge in [-0.25, -0.2) is 13.9 Å². The van der Waals surface area contributed by atoms with Crippen molar-refractivity contribution in [3.8, 4) is 28.1 Å². The number of halogens is 1. The van der Waals surface area contributed by atoms with E-state index in [4.69, 9.17) is 18.6 Å². The van der Waals surface area contributed by atoms with Crippen LogP contribution in [-0.2, 0) is 6.61 Å². The lowest BCUT2D eigenvalue weighted by molar-refractivity contribution is 0.102. The minimum atomic E-state index is -0.399. The van der Waals surface area contributed by atoms with E-state index in [1.165, 1.54) is 35.6 Å². The zero-order valence-electron chi connectivity index (χ0n) is 20.8. The third-order valence-electron chi connectivity index (χ3n) is 5.95. The highest BCUT2D eigenvalue weighted by Crippen LogP contribution is 2.37. The van der Waals surface area contributed by atoms with Crippen molar-refractivity contribution in [3.05, 3.63) is 89.9 Å². The van der Waals surface area contributed by atoms with Crippen LogP contribution in [0.1, 0.15) is 15.9 Å². The van der Waals surface area contributed by atoms with Crippen LogP contribution in [0.4, 0.5) is 10.1 Å². The normalized spacial score (nSPS) is 11.2.